The van der Waals surface area contributed by atoms with Gasteiger partial charge in [-0.15, -0.1) is 0 Å². The van der Waals surface area contributed by atoms with Gasteiger partial charge in [-0.25, -0.2) is 4.98 Å². The molecule has 11 heteroatoms. The molecule has 3 aromatic rings. The molecule has 0 atom stereocenters. The van der Waals surface area contributed by atoms with E-state index in [4.69, 9.17) is 23.2 Å². The third-order valence-electron chi connectivity index (χ3n) is 5.05. The van der Waals surface area contributed by atoms with Crippen LogP contribution in [0.1, 0.15) is 25.0 Å². The highest BCUT2D eigenvalue weighted by Gasteiger charge is 2.52. The number of halogens is 5. The number of rotatable bonds is 5. The van der Waals surface area contributed by atoms with Crippen LogP contribution in [-0.4, -0.2) is 32.1 Å². The lowest BCUT2D eigenvalue weighted by atomic mass is 9.91. The van der Waals surface area contributed by atoms with E-state index in [1.807, 2.05) is 6.92 Å². The maximum atomic E-state index is 13.1. The highest BCUT2D eigenvalue weighted by molar-refractivity contribution is 6.33. The summed E-state index contributed by atoms with van der Waals surface area (Å²) in [5.41, 5.74) is -0.396. The Morgan fingerprint density at radius 2 is 1.67 bits per heavy atom. The molecule has 6 nitrogen and oxygen atoms in total. The third kappa shape index (κ3) is 5.36. The molecule has 0 aliphatic heterocycles. The van der Waals surface area contributed by atoms with Crippen molar-refractivity contribution in [3.8, 4) is 28.8 Å². The van der Waals surface area contributed by atoms with Crippen LogP contribution in [0.25, 0.3) is 22.8 Å². The number of benzene rings is 2. The Labute approximate surface area is 197 Å². The van der Waals surface area contributed by atoms with Gasteiger partial charge in [-0.1, -0.05) is 41.4 Å². The second kappa shape index (κ2) is 9.15. The van der Waals surface area contributed by atoms with Crippen molar-refractivity contribution in [3.05, 3.63) is 57.6 Å². The van der Waals surface area contributed by atoms with Crippen molar-refractivity contribution in [1.29, 1.82) is 0 Å². The maximum absolute atomic E-state index is 13.1. The number of hydrogen-bond acceptors (Lipinski definition) is 5. The van der Waals surface area contributed by atoms with Crippen LogP contribution in [0.5, 0.6) is 6.01 Å². The zero-order valence-corrected chi connectivity index (χ0v) is 19.3. The molecule has 174 valence electrons. The molecule has 0 unspecified atom stereocenters. The molecule has 1 amide bonds. The summed E-state index contributed by atoms with van der Waals surface area (Å²) < 4.78 is 39.2. The highest BCUT2D eigenvalue weighted by atomic mass is 35.5. The fourth-order valence-corrected chi connectivity index (χ4v) is 3.11. The molecule has 0 aliphatic rings. The molecule has 2 aromatic carbocycles. The van der Waals surface area contributed by atoms with E-state index in [2.05, 4.69) is 20.3 Å². The van der Waals surface area contributed by atoms with Crippen molar-refractivity contribution in [1.82, 2.24) is 20.3 Å². The van der Waals surface area contributed by atoms with Crippen molar-refractivity contribution < 1.29 is 23.1 Å². The van der Waals surface area contributed by atoms with E-state index in [0.717, 1.165) is 19.4 Å². The zero-order chi connectivity index (χ0) is 24.6. The van der Waals surface area contributed by atoms with E-state index < -0.39 is 23.5 Å². The van der Waals surface area contributed by atoms with Gasteiger partial charge in [0.05, 0.1) is 5.02 Å². The minimum atomic E-state index is -4.69. The molecule has 0 bridgehead atoms. The zero-order valence-electron chi connectivity index (χ0n) is 17.8. The van der Waals surface area contributed by atoms with Crippen LogP contribution >= 0.6 is 23.2 Å². The number of aromatic nitrogens is 3. The van der Waals surface area contributed by atoms with Gasteiger partial charge < -0.3 is 10.4 Å². The Morgan fingerprint density at radius 1 is 1.00 bits per heavy atom. The maximum Gasteiger partial charge on any atom is 0.402 e. The Morgan fingerprint density at radius 3 is 2.30 bits per heavy atom. The van der Waals surface area contributed by atoms with Gasteiger partial charge in [-0.05, 0) is 50.1 Å². The van der Waals surface area contributed by atoms with Gasteiger partial charge in [-0.3, -0.25) is 4.79 Å². The smallest absolute Gasteiger partial charge is 0.402 e. The topological polar surface area (TPSA) is 88.0 Å². The lowest BCUT2D eigenvalue weighted by Gasteiger charge is -2.26. The molecule has 3 rings (SSSR count). The summed E-state index contributed by atoms with van der Waals surface area (Å²) in [6.07, 6.45) is -4.69. The van der Waals surface area contributed by atoms with E-state index >= 15 is 0 Å². The Hall–Kier alpha value is -2.91. The second-order valence-electron chi connectivity index (χ2n) is 7.87. The first-order valence-electron chi connectivity index (χ1n) is 9.65. The number of hydrogen-bond donors (Lipinski definition) is 2. The van der Waals surface area contributed by atoms with Gasteiger partial charge in [0.1, 0.15) is 5.41 Å². The summed E-state index contributed by atoms with van der Waals surface area (Å²) in [5.74, 6) is -0.966. The van der Waals surface area contributed by atoms with Crippen LogP contribution in [0.2, 0.25) is 10.0 Å². The minimum absolute atomic E-state index is 0.0444. The predicted molar refractivity (Wildman–Crippen MR) is 119 cm³/mol. The summed E-state index contributed by atoms with van der Waals surface area (Å²) in [6, 6.07) is 9.17. The fourth-order valence-electron chi connectivity index (χ4n) is 2.73. The number of nitrogens with one attached hydrogen (secondary N) is 1. The van der Waals surface area contributed by atoms with Crippen molar-refractivity contribution >= 4 is 29.1 Å². The summed E-state index contributed by atoms with van der Waals surface area (Å²) in [4.78, 5) is 24.3. The standard InChI is InChI=1S/C22H19Cl2F3N4O2/c1-11-4-6-13(9-16(11)24)17-29-18(31-20(33)30-17)14-8-12(5-7-15(14)23)10-28-19(32)21(2,3)22(25,26)27/h4-9H,10H2,1-3H3,(H,28,32)(H,29,30,31,33). The molecule has 0 radical (unpaired) electrons. The molecule has 1 heterocycles. The predicted octanol–water partition coefficient (Wildman–Crippen LogP) is 5.73. The highest BCUT2D eigenvalue weighted by Crippen LogP contribution is 2.37. The lowest BCUT2D eigenvalue weighted by Crippen LogP contribution is -2.46. The van der Waals surface area contributed by atoms with E-state index in [0.29, 0.717) is 21.7 Å². The Kier molecular flexibility index (Phi) is 6.85. The number of alkyl halides is 3. The molecule has 0 spiro atoms. The number of carbonyl (C=O) groups excluding carboxylic acids is 1. The van der Waals surface area contributed by atoms with Crippen molar-refractivity contribution in [2.75, 3.05) is 0 Å². The van der Waals surface area contributed by atoms with Crippen LogP contribution < -0.4 is 5.32 Å². The van der Waals surface area contributed by atoms with Crippen molar-refractivity contribution in [2.45, 2.75) is 33.5 Å². The van der Waals surface area contributed by atoms with Gasteiger partial charge in [0, 0.05) is 22.7 Å². The molecule has 0 saturated heterocycles. The third-order valence-corrected chi connectivity index (χ3v) is 5.79. The molecular formula is C22H19Cl2F3N4O2. The minimum Gasteiger partial charge on any atom is -0.479 e. The van der Waals surface area contributed by atoms with Crippen LogP contribution in [0, 0.1) is 12.3 Å². The van der Waals surface area contributed by atoms with Gasteiger partial charge in [-0.2, -0.15) is 23.1 Å². The van der Waals surface area contributed by atoms with Gasteiger partial charge in [0.25, 0.3) is 0 Å². The second-order valence-corrected chi connectivity index (χ2v) is 8.68. The normalized spacial score (nSPS) is 12.0. The number of carbonyl (C=O) groups is 1. The molecule has 0 fully saturated rings. The quantitative estimate of drug-likeness (QED) is 0.468. The van der Waals surface area contributed by atoms with E-state index in [-0.39, 0.29) is 23.2 Å². The molecule has 0 aliphatic carbocycles. The van der Waals surface area contributed by atoms with Gasteiger partial charge >= 0.3 is 12.2 Å². The largest absolute Gasteiger partial charge is 0.479 e. The molecule has 2 N–H and O–H groups in total. The van der Waals surface area contributed by atoms with E-state index in [9.17, 15) is 23.1 Å². The first-order chi connectivity index (χ1) is 15.3. The van der Waals surface area contributed by atoms with Crippen LogP contribution in [0.4, 0.5) is 13.2 Å². The summed E-state index contributed by atoms with van der Waals surface area (Å²) in [5, 5.41) is 13.1. The summed E-state index contributed by atoms with van der Waals surface area (Å²) in [7, 11) is 0. The first-order valence-corrected chi connectivity index (χ1v) is 10.4. The average Bonchev–Trinajstić information content (AvgIpc) is 2.73. The average molecular weight is 499 g/mol. The van der Waals surface area contributed by atoms with Crippen LogP contribution in [-0.2, 0) is 11.3 Å². The summed E-state index contributed by atoms with van der Waals surface area (Å²) in [6.45, 7) is 3.27. The molecule has 1 aromatic heterocycles. The number of aromatic hydroxyl groups is 1. The molecular weight excluding hydrogens is 480 g/mol. The van der Waals surface area contributed by atoms with Crippen molar-refractivity contribution in [3.63, 3.8) is 0 Å². The first kappa shape index (κ1) is 24.7. The van der Waals surface area contributed by atoms with Gasteiger partial charge in [0.2, 0.25) is 5.91 Å². The van der Waals surface area contributed by atoms with Gasteiger partial charge in [0.15, 0.2) is 11.6 Å². The molecule has 33 heavy (non-hydrogen) atoms. The summed E-state index contributed by atoms with van der Waals surface area (Å²) >= 11 is 12.5. The fraction of sp³-hybridized carbons (Fsp3) is 0.273. The number of amides is 1. The number of aryl methyl sites for hydroxylation is 1. The van der Waals surface area contributed by atoms with Crippen LogP contribution in [0.15, 0.2) is 36.4 Å². The number of nitrogens with zero attached hydrogens (tertiary/aromatic N) is 3. The van der Waals surface area contributed by atoms with E-state index in [1.54, 1.807) is 24.3 Å². The van der Waals surface area contributed by atoms with E-state index in [1.165, 1.54) is 12.1 Å². The monoisotopic (exact) mass is 498 g/mol. The Bertz CT molecular complexity index is 1220. The SMILES string of the molecule is Cc1ccc(-c2nc(O)nc(-c3cc(CNC(=O)C(C)(C)C(F)(F)F)ccc3Cl)n2)cc1Cl. The lowest BCUT2D eigenvalue weighted by molar-refractivity contribution is -0.211. The Balaban J connectivity index is 1.91. The van der Waals surface area contributed by atoms with Crippen LogP contribution in [0.3, 0.4) is 0 Å². The molecule has 0 saturated carbocycles. The van der Waals surface area contributed by atoms with Crippen molar-refractivity contribution in [2.24, 2.45) is 5.41 Å².